The van der Waals surface area contributed by atoms with Gasteiger partial charge in [-0.2, -0.15) is 4.98 Å². The van der Waals surface area contributed by atoms with Crippen molar-refractivity contribution in [1.82, 2.24) is 19.9 Å². The number of aromatic nitrogens is 2. The SMILES string of the molecule is CC(C)c1noc(CCCC(=O)N2CCN(C(=O)c3cccc(Cl)c3)CC2)n1. The first-order valence-corrected chi connectivity index (χ1v) is 9.97. The molecule has 1 aromatic carbocycles. The molecule has 2 aromatic rings. The zero-order chi connectivity index (χ0) is 20.1. The molecule has 1 aliphatic heterocycles. The largest absolute Gasteiger partial charge is 0.339 e. The molecule has 1 aromatic heterocycles. The average molecular weight is 405 g/mol. The normalized spacial score (nSPS) is 14.6. The van der Waals surface area contributed by atoms with Crippen LogP contribution in [0.3, 0.4) is 0 Å². The second-order valence-electron chi connectivity index (χ2n) is 7.24. The molecule has 8 heteroatoms. The molecule has 0 spiro atoms. The smallest absolute Gasteiger partial charge is 0.254 e. The highest BCUT2D eigenvalue weighted by atomic mass is 35.5. The molecule has 7 nitrogen and oxygen atoms in total. The Morgan fingerprint density at radius 1 is 1.18 bits per heavy atom. The molecule has 0 saturated carbocycles. The van der Waals surface area contributed by atoms with E-state index in [-0.39, 0.29) is 17.7 Å². The second kappa shape index (κ2) is 9.19. The number of aryl methyl sites for hydroxylation is 1. The van der Waals surface area contributed by atoms with Gasteiger partial charge in [0.15, 0.2) is 5.82 Å². The lowest BCUT2D eigenvalue weighted by Gasteiger charge is -2.35. The van der Waals surface area contributed by atoms with E-state index < -0.39 is 0 Å². The van der Waals surface area contributed by atoms with E-state index >= 15 is 0 Å². The van der Waals surface area contributed by atoms with Gasteiger partial charge in [0.25, 0.3) is 5.91 Å². The fourth-order valence-electron chi connectivity index (χ4n) is 3.12. The standard InChI is InChI=1S/C20H25ClN4O3/c1-14(2)19-22-17(28-23-19)7-4-8-18(26)24-9-11-25(12-10-24)20(27)15-5-3-6-16(21)13-15/h3,5-6,13-14H,4,7-12H2,1-2H3. The molecule has 1 fully saturated rings. The Morgan fingerprint density at radius 2 is 1.89 bits per heavy atom. The second-order valence-corrected chi connectivity index (χ2v) is 7.67. The summed E-state index contributed by atoms with van der Waals surface area (Å²) in [6.07, 6.45) is 1.69. The molecule has 28 heavy (non-hydrogen) atoms. The van der Waals surface area contributed by atoms with Crippen molar-refractivity contribution in [3.05, 3.63) is 46.6 Å². The summed E-state index contributed by atoms with van der Waals surface area (Å²) >= 11 is 5.96. The highest BCUT2D eigenvalue weighted by Gasteiger charge is 2.24. The van der Waals surface area contributed by atoms with Crippen LogP contribution in [0.25, 0.3) is 0 Å². The number of nitrogens with zero attached hydrogens (tertiary/aromatic N) is 4. The third kappa shape index (κ3) is 5.10. The third-order valence-electron chi connectivity index (χ3n) is 4.77. The Balaban J connectivity index is 1.42. The number of piperazine rings is 1. The van der Waals surface area contributed by atoms with Crippen LogP contribution in [0.1, 0.15) is 54.7 Å². The first-order chi connectivity index (χ1) is 13.4. The van der Waals surface area contributed by atoms with E-state index in [0.29, 0.717) is 67.7 Å². The van der Waals surface area contributed by atoms with E-state index in [1.165, 1.54) is 0 Å². The van der Waals surface area contributed by atoms with Crippen molar-refractivity contribution in [2.45, 2.75) is 39.0 Å². The number of carbonyl (C=O) groups excluding carboxylic acids is 2. The van der Waals surface area contributed by atoms with E-state index in [0.717, 1.165) is 0 Å². The Morgan fingerprint density at radius 3 is 2.54 bits per heavy atom. The fourth-order valence-corrected chi connectivity index (χ4v) is 3.31. The number of amides is 2. The van der Waals surface area contributed by atoms with Crippen LogP contribution < -0.4 is 0 Å². The predicted molar refractivity (Wildman–Crippen MR) is 105 cm³/mol. The first kappa shape index (κ1) is 20.3. The lowest BCUT2D eigenvalue weighted by Crippen LogP contribution is -2.50. The van der Waals surface area contributed by atoms with Gasteiger partial charge in [-0.15, -0.1) is 0 Å². The van der Waals surface area contributed by atoms with Gasteiger partial charge >= 0.3 is 0 Å². The van der Waals surface area contributed by atoms with Crippen LogP contribution in [0, 0.1) is 0 Å². The van der Waals surface area contributed by atoms with Crippen LogP contribution in [0.2, 0.25) is 5.02 Å². The van der Waals surface area contributed by atoms with Crippen molar-refractivity contribution in [2.75, 3.05) is 26.2 Å². The Bertz CT molecular complexity index is 828. The monoisotopic (exact) mass is 404 g/mol. The number of hydrogen-bond acceptors (Lipinski definition) is 5. The molecule has 0 bridgehead atoms. The highest BCUT2D eigenvalue weighted by Crippen LogP contribution is 2.15. The summed E-state index contributed by atoms with van der Waals surface area (Å²) in [5.41, 5.74) is 0.576. The molecule has 150 valence electrons. The molecule has 0 radical (unpaired) electrons. The minimum atomic E-state index is -0.0491. The number of halogens is 1. The maximum absolute atomic E-state index is 12.5. The Kier molecular flexibility index (Phi) is 6.67. The number of benzene rings is 1. The highest BCUT2D eigenvalue weighted by molar-refractivity contribution is 6.30. The van der Waals surface area contributed by atoms with Gasteiger partial charge in [0, 0.05) is 55.5 Å². The van der Waals surface area contributed by atoms with Crippen LogP contribution >= 0.6 is 11.6 Å². The van der Waals surface area contributed by atoms with E-state index in [9.17, 15) is 9.59 Å². The van der Waals surface area contributed by atoms with Gasteiger partial charge in [0.1, 0.15) is 0 Å². The summed E-state index contributed by atoms with van der Waals surface area (Å²) in [5, 5.41) is 4.47. The molecule has 1 saturated heterocycles. The molecule has 0 aliphatic carbocycles. The van der Waals surface area contributed by atoms with Crippen molar-refractivity contribution < 1.29 is 14.1 Å². The molecule has 2 amide bonds. The van der Waals surface area contributed by atoms with Crippen LogP contribution in [0.4, 0.5) is 0 Å². The summed E-state index contributed by atoms with van der Waals surface area (Å²) < 4.78 is 5.20. The van der Waals surface area contributed by atoms with Gasteiger partial charge < -0.3 is 14.3 Å². The van der Waals surface area contributed by atoms with Gasteiger partial charge in [-0.25, -0.2) is 0 Å². The van der Waals surface area contributed by atoms with Gasteiger partial charge in [-0.3, -0.25) is 9.59 Å². The summed E-state index contributed by atoms with van der Waals surface area (Å²) in [5.74, 6) is 1.55. The maximum Gasteiger partial charge on any atom is 0.254 e. The number of carbonyl (C=O) groups is 2. The topological polar surface area (TPSA) is 79.5 Å². The minimum Gasteiger partial charge on any atom is -0.339 e. The van der Waals surface area contributed by atoms with Crippen molar-refractivity contribution in [1.29, 1.82) is 0 Å². The Labute approximate surface area is 169 Å². The van der Waals surface area contributed by atoms with E-state index in [2.05, 4.69) is 10.1 Å². The lowest BCUT2D eigenvalue weighted by atomic mass is 10.1. The Hall–Kier alpha value is -2.41. The average Bonchev–Trinajstić information content (AvgIpc) is 3.17. The van der Waals surface area contributed by atoms with Gasteiger partial charge in [-0.1, -0.05) is 36.7 Å². The maximum atomic E-state index is 12.5. The fraction of sp³-hybridized carbons (Fsp3) is 0.500. The van der Waals surface area contributed by atoms with Gasteiger partial charge in [0.05, 0.1) is 0 Å². The van der Waals surface area contributed by atoms with Crippen LogP contribution in [0.15, 0.2) is 28.8 Å². The molecule has 0 N–H and O–H groups in total. The molecular formula is C20H25ClN4O3. The third-order valence-corrected chi connectivity index (χ3v) is 5.01. The first-order valence-electron chi connectivity index (χ1n) is 9.59. The molecular weight excluding hydrogens is 380 g/mol. The van der Waals surface area contributed by atoms with Crippen molar-refractivity contribution in [2.24, 2.45) is 0 Å². The zero-order valence-electron chi connectivity index (χ0n) is 16.2. The van der Waals surface area contributed by atoms with E-state index in [1.807, 2.05) is 18.7 Å². The van der Waals surface area contributed by atoms with Gasteiger partial charge in [0.2, 0.25) is 11.8 Å². The van der Waals surface area contributed by atoms with Crippen LogP contribution in [-0.2, 0) is 11.2 Å². The summed E-state index contributed by atoms with van der Waals surface area (Å²) in [6.45, 7) is 6.16. The summed E-state index contributed by atoms with van der Waals surface area (Å²) in [4.78, 5) is 32.9. The van der Waals surface area contributed by atoms with Crippen molar-refractivity contribution in [3.8, 4) is 0 Å². The van der Waals surface area contributed by atoms with Crippen molar-refractivity contribution >= 4 is 23.4 Å². The zero-order valence-corrected chi connectivity index (χ0v) is 17.0. The summed E-state index contributed by atoms with van der Waals surface area (Å²) in [7, 11) is 0. The molecule has 1 aliphatic rings. The van der Waals surface area contributed by atoms with Crippen LogP contribution in [-0.4, -0.2) is 57.9 Å². The molecule has 3 rings (SSSR count). The molecule has 2 heterocycles. The quantitative estimate of drug-likeness (QED) is 0.738. The van der Waals surface area contributed by atoms with Crippen LogP contribution in [0.5, 0.6) is 0 Å². The minimum absolute atomic E-state index is 0.0491. The lowest BCUT2D eigenvalue weighted by molar-refractivity contribution is -0.132. The number of hydrogen-bond donors (Lipinski definition) is 0. The van der Waals surface area contributed by atoms with E-state index in [1.54, 1.807) is 29.2 Å². The predicted octanol–water partition coefficient (Wildman–Crippen LogP) is 3.15. The summed E-state index contributed by atoms with van der Waals surface area (Å²) in [6, 6.07) is 6.94. The van der Waals surface area contributed by atoms with E-state index in [4.69, 9.17) is 16.1 Å². The molecule has 0 atom stereocenters. The number of rotatable bonds is 6. The van der Waals surface area contributed by atoms with Gasteiger partial charge in [-0.05, 0) is 24.6 Å². The molecule has 0 unspecified atom stereocenters. The van der Waals surface area contributed by atoms with Crippen molar-refractivity contribution in [3.63, 3.8) is 0 Å².